The van der Waals surface area contributed by atoms with Crippen LogP contribution in [0.4, 0.5) is 10.2 Å². The zero-order valence-corrected chi connectivity index (χ0v) is 23.4. The number of benzene rings is 1. The third-order valence-electron chi connectivity index (χ3n) is 7.48. The summed E-state index contributed by atoms with van der Waals surface area (Å²) in [5, 5.41) is 11.5. The highest BCUT2D eigenvalue weighted by atomic mass is 19.1. The Kier molecular flexibility index (Phi) is 8.39. The van der Waals surface area contributed by atoms with Crippen LogP contribution in [-0.2, 0) is 6.54 Å². The minimum atomic E-state index is -0.518. The highest BCUT2D eigenvalue weighted by Gasteiger charge is 2.28. The average molecular weight is 550 g/mol. The van der Waals surface area contributed by atoms with Crippen molar-refractivity contribution < 1.29 is 18.7 Å². The molecule has 0 saturated carbocycles. The topological polar surface area (TPSA) is 106 Å². The second kappa shape index (κ2) is 12.1. The molecule has 1 amide bonds. The lowest BCUT2D eigenvalue weighted by molar-refractivity contribution is 0.0713. The fourth-order valence-electron chi connectivity index (χ4n) is 5.38. The van der Waals surface area contributed by atoms with Crippen LogP contribution in [0.5, 0.6) is 17.4 Å². The number of carbonyl (C=O) groups is 1. The summed E-state index contributed by atoms with van der Waals surface area (Å²) in [5.41, 5.74) is 2.38. The summed E-state index contributed by atoms with van der Waals surface area (Å²) in [7, 11) is 0. The lowest BCUT2D eigenvalue weighted by Gasteiger charge is -2.34. The number of anilines is 1. The quantitative estimate of drug-likeness (QED) is 0.440. The first-order valence-electron chi connectivity index (χ1n) is 13.9. The lowest BCUT2D eigenvalue weighted by Crippen LogP contribution is -2.39. The normalized spacial score (nSPS) is 17.4. The largest absolute Gasteiger partial charge is 0.490 e. The molecule has 1 N–H and O–H groups in total. The van der Waals surface area contributed by atoms with E-state index in [0.29, 0.717) is 31.4 Å². The van der Waals surface area contributed by atoms with Crippen LogP contribution >= 0.6 is 0 Å². The van der Waals surface area contributed by atoms with E-state index >= 15 is 0 Å². The van der Waals surface area contributed by atoms with Gasteiger partial charge in [0.25, 0.3) is 11.8 Å². The molecule has 0 aliphatic carbocycles. The van der Waals surface area contributed by atoms with Crippen molar-refractivity contribution in [2.24, 2.45) is 0 Å². The highest BCUT2D eigenvalue weighted by molar-refractivity contribution is 5.97. The molecular formula is C29H36FN7O3. The van der Waals surface area contributed by atoms with Crippen molar-refractivity contribution in [3.63, 3.8) is 0 Å². The molecule has 1 fully saturated rings. The van der Waals surface area contributed by atoms with Crippen LogP contribution in [0, 0.1) is 5.82 Å². The van der Waals surface area contributed by atoms with Crippen LogP contribution in [0.15, 0.2) is 36.8 Å². The van der Waals surface area contributed by atoms with Gasteiger partial charge in [-0.05, 0) is 45.0 Å². The van der Waals surface area contributed by atoms with E-state index in [-0.39, 0.29) is 35.2 Å². The van der Waals surface area contributed by atoms with Crippen molar-refractivity contribution in [3.05, 3.63) is 59.4 Å². The van der Waals surface area contributed by atoms with E-state index in [2.05, 4.69) is 37.3 Å². The molecule has 0 radical (unpaired) electrons. The van der Waals surface area contributed by atoms with Crippen LogP contribution in [0.25, 0.3) is 0 Å². The monoisotopic (exact) mass is 549 g/mol. The van der Waals surface area contributed by atoms with Gasteiger partial charge in [-0.25, -0.2) is 9.37 Å². The SMILES string of the molecule is CCN(C(=O)c1cc(F)ccc1Oc1nncnc1N1CCC(Oc2ccnc3c2CNCC3C)CC1)C(C)C. The molecule has 0 spiro atoms. The van der Waals surface area contributed by atoms with E-state index < -0.39 is 5.82 Å². The maximum absolute atomic E-state index is 14.2. The number of pyridine rings is 1. The van der Waals surface area contributed by atoms with Gasteiger partial charge in [-0.1, -0.05) is 6.92 Å². The van der Waals surface area contributed by atoms with Crippen molar-refractivity contribution in [1.29, 1.82) is 0 Å². The smallest absolute Gasteiger partial charge is 0.282 e. The third-order valence-corrected chi connectivity index (χ3v) is 7.48. The Balaban J connectivity index is 1.30. The Hall–Kier alpha value is -3.86. The fraction of sp³-hybridized carbons (Fsp3) is 0.483. The van der Waals surface area contributed by atoms with Gasteiger partial charge < -0.3 is 24.6 Å². The molecule has 3 aromatic rings. The Morgan fingerprint density at radius 3 is 2.75 bits per heavy atom. The van der Waals surface area contributed by atoms with E-state index in [0.717, 1.165) is 42.9 Å². The number of rotatable bonds is 8. The molecule has 0 bridgehead atoms. The van der Waals surface area contributed by atoms with E-state index in [1.807, 2.05) is 33.0 Å². The van der Waals surface area contributed by atoms with Crippen molar-refractivity contribution in [3.8, 4) is 17.4 Å². The van der Waals surface area contributed by atoms with Crippen LogP contribution in [-0.4, -0.2) is 69.3 Å². The van der Waals surface area contributed by atoms with Crippen LogP contribution < -0.4 is 19.7 Å². The summed E-state index contributed by atoms with van der Waals surface area (Å²) in [4.78, 5) is 26.0. The number of nitrogens with zero attached hydrogens (tertiary/aromatic N) is 6. The number of nitrogens with one attached hydrogen (secondary N) is 1. The number of aromatic nitrogens is 4. The van der Waals surface area contributed by atoms with Gasteiger partial charge in [-0.3, -0.25) is 9.78 Å². The second-order valence-corrected chi connectivity index (χ2v) is 10.5. The number of hydrogen-bond acceptors (Lipinski definition) is 9. The zero-order chi connectivity index (χ0) is 28.2. The number of carbonyl (C=O) groups excluding carboxylic acids is 1. The van der Waals surface area contributed by atoms with Gasteiger partial charge in [0.05, 0.1) is 11.3 Å². The van der Waals surface area contributed by atoms with Gasteiger partial charge in [0.2, 0.25) is 0 Å². The van der Waals surface area contributed by atoms with E-state index in [1.165, 1.54) is 24.5 Å². The number of amides is 1. The maximum atomic E-state index is 14.2. The molecule has 10 nitrogen and oxygen atoms in total. The number of hydrogen-bond donors (Lipinski definition) is 1. The van der Waals surface area contributed by atoms with Crippen LogP contribution in [0.2, 0.25) is 0 Å². The van der Waals surface area contributed by atoms with Gasteiger partial charge in [0, 0.05) is 69.3 Å². The first-order chi connectivity index (χ1) is 19.4. The molecule has 1 saturated heterocycles. The molecule has 212 valence electrons. The molecule has 4 heterocycles. The zero-order valence-electron chi connectivity index (χ0n) is 23.4. The standard InChI is InChI=1S/C29H36FN7O3/c1-5-37(18(2)3)29(38)22-14-20(30)6-7-24(22)40-28-27(33-17-34-35-28)36-12-9-21(10-13-36)39-25-8-11-32-26-19(4)15-31-16-23(25)26/h6-8,11,14,17-19,21,31H,5,9-10,12-13,15-16H2,1-4H3. The third kappa shape index (κ3) is 5.84. The summed E-state index contributed by atoms with van der Waals surface area (Å²) in [5.74, 6) is 1.31. The first-order valence-corrected chi connectivity index (χ1v) is 13.9. The second-order valence-electron chi connectivity index (χ2n) is 10.5. The highest BCUT2D eigenvalue weighted by Crippen LogP contribution is 2.34. The maximum Gasteiger partial charge on any atom is 0.282 e. The van der Waals surface area contributed by atoms with E-state index in [4.69, 9.17) is 9.47 Å². The molecule has 5 rings (SSSR count). The van der Waals surface area contributed by atoms with Crippen molar-refractivity contribution in [1.82, 2.24) is 30.4 Å². The van der Waals surface area contributed by atoms with Crippen molar-refractivity contribution in [2.75, 3.05) is 31.1 Å². The van der Waals surface area contributed by atoms with Crippen LogP contribution in [0.3, 0.4) is 0 Å². The molecular weight excluding hydrogens is 513 g/mol. The number of piperidine rings is 1. The molecule has 1 aromatic carbocycles. The van der Waals surface area contributed by atoms with E-state index in [9.17, 15) is 9.18 Å². The summed E-state index contributed by atoms with van der Waals surface area (Å²) < 4.78 is 26.8. The molecule has 1 atom stereocenters. The Morgan fingerprint density at radius 1 is 1.20 bits per heavy atom. The molecule has 2 aliphatic heterocycles. The average Bonchev–Trinajstić information content (AvgIpc) is 2.95. The van der Waals surface area contributed by atoms with E-state index in [1.54, 1.807) is 4.90 Å². The predicted octanol–water partition coefficient (Wildman–Crippen LogP) is 4.32. The predicted molar refractivity (Wildman–Crippen MR) is 148 cm³/mol. The summed E-state index contributed by atoms with van der Waals surface area (Å²) in [6.45, 7) is 11.4. The summed E-state index contributed by atoms with van der Waals surface area (Å²) in [6, 6.07) is 5.80. The van der Waals surface area contributed by atoms with Gasteiger partial charge in [0.15, 0.2) is 5.82 Å². The van der Waals surface area contributed by atoms with Gasteiger partial charge in [0.1, 0.15) is 29.7 Å². The summed E-state index contributed by atoms with van der Waals surface area (Å²) >= 11 is 0. The Labute approximate surface area is 233 Å². The minimum Gasteiger partial charge on any atom is -0.490 e. The molecule has 2 aliphatic rings. The molecule has 2 aromatic heterocycles. The van der Waals surface area contributed by atoms with Gasteiger partial charge >= 0.3 is 0 Å². The lowest BCUT2D eigenvalue weighted by atomic mass is 9.97. The molecule has 40 heavy (non-hydrogen) atoms. The van der Waals surface area contributed by atoms with Crippen LogP contribution in [0.1, 0.15) is 68.1 Å². The number of fused-ring (bicyclic) bond motifs is 1. The molecule has 1 unspecified atom stereocenters. The first kappa shape index (κ1) is 27.7. The number of ether oxygens (including phenoxy) is 2. The molecule has 11 heteroatoms. The Morgan fingerprint density at radius 2 is 2.00 bits per heavy atom. The van der Waals surface area contributed by atoms with Gasteiger partial charge in [-0.2, -0.15) is 0 Å². The minimum absolute atomic E-state index is 0.0523. The summed E-state index contributed by atoms with van der Waals surface area (Å²) in [6.07, 6.45) is 4.82. The fourth-order valence-corrected chi connectivity index (χ4v) is 5.38. The van der Waals surface area contributed by atoms with Crippen molar-refractivity contribution >= 4 is 11.7 Å². The van der Waals surface area contributed by atoms with Crippen molar-refractivity contribution in [2.45, 2.75) is 65.1 Å². The number of halogens is 1. The Bertz CT molecular complexity index is 1350. The van der Waals surface area contributed by atoms with Gasteiger partial charge in [-0.15, -0.1) is 10.2 Å².